The molecule has 132 valence electrons. The van der Waals surface area contributed by atoms with Crippen molar-refractivity contribution in [3.05, 3.63) is 47.8 Å². The molecule has 4 nitrogen and oxygen atoms in total. The molecule has 0 unspecified atom stereocenters. The molecule has 2 aromatic heterocycles. The van der Waals surface area contributed by atoms with E-state index < -0.39 is 11.7 Å². The largest absolute Gasteiger partial charge is 0.491 e. The maximum atomic E-state index is 12.8. The summed E-state index contributed by atoms with van der Waals surface area (Å²) in [4.78, 5) is 11.5. The second kappa shape index (κ2) is 6.95. The minimum Gasteiger partial charge on any atom is -0.491 e. The van der Waals surface area contributed by atoms with Crippen molar-refractivity contribution in [1.82, 2.24) is 15.0 Å². The van der Waals surface area contributed by atoms with Gasteiger partial charge in [-0.2, -0.15) is 13.2 Å². The zero-order valence-electron chi connectivity index (χ0n) is 13.6. The number of pyridine rings is 1. The number of imidazole rings is 1. The Hall–Kier alpha value is -2.22. The molecule has 0 bridgehead atoms. The van der Waals surface area contributed by atoms with Crippen LogP contribution in [-0.4, -0.2) is 21.1 Å². The summed E-state index contributed by atoms with van der Waals surface area (Å²) < 4.78 is 43.9. The van der Waals surface area contributed by atoms with Crippen LogP contribution in [0.3, 0.4) is 0 Å². The average Bonchev–Trinajstić information content (AvgIpc) is 2.94. The molecule has 0 amide bonds. The second-order valence-electron chi connectivity index (χ2n) is 5.71. The molecule has 0 saturated carbocycles. The number of nitrogens with zero attached hydrogens (tertiary/aromatic N) is 2. The standard InChI is InChI=1S/C17H16F3N3OS/c1-10(2)24-13-5-6-21-12(8-13)9-25-16-22-14-4-3-11(17(18,19)20)7-15(14)23-16/h3-8,10H,9H2,1-2H3,(H,22,23). The Morgan fingerprint density at radius 1 is 1.20 bits per heavy atom. The number of ether oxygens (including phenoxy) is 1. The molecule has 0 saturated heterocycles. The molecule has 0 fully saturated rings. The van der Waals surface area contributed by atoms with Crippen molar-refractivity contribution in [2.45, 2.75) is 37.0 Å². The van der Waals surface area contributed by atoms with Crippen LogP contribution in [0.2, 0.25) is 0 Å². The third-order valence-corrected chi connectivity index (χ3v) is 4.21. The topological polar surface area (TPSA) is 50.8 Å². The number of alkyl halides is 3. The van der Waals surface area contributed by atoms with Crippen LogP contribution >= 0.6 is 11.8 Å². The number of aromatic nitrogens is 3. The van der Waals surface area contributed by atoms with Gasteiger partial charge in [-0.05, 0) is 38.1 Å². The molecule has 0 aliphatic carbocycles. The summed E-state index contributed by atoms with van der Waals surface area (Å²) >= 11 is 1.37. The van der Waals surface area contributed by atoms with Crippen LogP contribution < -0.4 is 4.74 Å². The Labute approximate surface area is 146 Å². The molecule has 3 aromatic rings. The maximum Gasteiger partial charge on any atom is 0.416 e. The molecule has 0 radical (unpaired) electrons. The molecular weight excluding hydrogens is 351 g/mol. The van der Waals surface area contributed by atoms with Crippen molar-refractivity contribution in [2.75, 3.05) is 0 Å². The summed E-state index contributed by atoms with van der Waals surface area (Å²) in [6.07, 6.45) is -2.63. The van der Waals surface area contributed by atoms with E-state index in [9.17, 15) is 13.2 Å². The Balaban J connectivity index is 1.73. The number of H-pyrrole nitrogens is 1. The van der Waals surface area contributed by atoms with E-state index >= 15 is 0 Å². The fraction of sp³-hybridized carbons (Fsp3) is 0.294. The van der Waals surface area contributed by atoms with Crippen LogP contribution in [0, 0.1) is 0 Å². The third kappa shape index (κ3) is 4.45. The van der Waals surface area contributed by atoms with Gasteiger partial charge >= 0.3 is 6.18 Å². The highest BCUT2D eigenvalue weighted by Gasteiger charge is 2.30. The van der Waals surface area contributed by atoms with Crippen molar-refractivity contribution in [2.24, 2.45) is 0 Å². The van der Waals surface area contributed by atoms with E-state index in [1.54, 1.807) is 12.3 Å². The lowest BCUT2D eigenvalue weighted by Crippen LogP contribution is -2.05. The number of fused-ring (bicyclic) bond motifs is 1. The van der Waals surface area contributed by atoms with E-state index in [0.29, 0.717) is 21.9 Å². The molecule has 0 aliphatic heterocycles. The number of thioether (sulfide) groups is 1. The summed E-state index contributed by atoms with van der Waals surface area (Å²) in [5.74, 6) is 1.27. The molecular formula is C17H16F3N3OS. The summed E-state index contributed by atoms with van der Waals surface area (Å²) in [5, 5.41) is 0.548. The van der Waals surface area contributed by atoms with Gasteiger partial charge < -0.3 is 9.72 Å². The van der Waals surface area contributed by atoms with Gasteiger partial charge in [0.2, 0.25) is 0 Å². The molecule has 3 rings (SSSR count). The molecule has 0 aliphatic rings. The molecule has 0 atom stereocenters. The van der Waals surface area contributed by atoms with E-state index in [0.717, 1.165) is 23.6 Å². The van der Waals surface area contributed by atoms with E-state index in [4.69, 9.17) is 4.74 Å². The average molecular weight is 367 g/mol. The quantitative estimate of drug-likeness (QED) is 0.641. The van der Waals surface area contributed by atoms with Crippen molar-refractivity contribution in [3.63, 3.8) is 0 Å². The van der Waals surface area contributed by atoms with E-state index in [2.05, 4.69) is 15.0 Å². The van der Waals surface area contributed by atoms with Crippen LogP contribution in [0.1, 0.15) is 25.1 Å². The normalized spacial score (nSPS) is 12.1. The summed E-state index contributed by atoms with van der Waals surface area (Å²) in [6.45, 7) is 3.89. The van der Waals surface area contributed by atoms with Crippen LogP contribution in [0.15, 0.2) is 41.7 Å². The first-order chi connectivity index (χ1) is 11.8. The number of rotatable bonds is 5. The zero-order valence-corrected chi connectivity index (χ0v) is 14.4. The van der Waals surface area contributed by atoms with Gasteiger partial charge in [-0.15, -0.1) is 0 Å². The third-order valence-electron chi connectivity index (χ3n) is 3.31. The van der Waals surface area contributed by atoms with Gasteiger partial charge in [0.25, 0.3) is 0 Å². The van der Waals surface area contributed by atoms with Gasteiger partial charge in [-0.25, -0.2) is 4.98 Å². The number of hydrogen-bond donors (Lipinski definition) is 1. The number of benzene rings is 1. The Kier molecular flexibility index (Phi) is 4.89. The zero-order chi connectivity index (χ0) is 18.0. The minimum atomic E-state index is -4.37. The van der Waals surface area contributed by atoms with Crippen molar-refractivity contribution < 1.29 is 17.9 Å². The molecule has 25 heavy (non-hydrogen) atoms. The fourth-order valence-electron chi connectivity index (χ4n) is 2.25. The SMILES string of the molecule is CC(C)Oc1ccnc(CSc2nc3cc(C(F)(F)F)ccc3[nH]2)c1. The summed E-state index contributed by atoms with van der Waals surface area (Å²) in [7, 11) is 0. The Bertz CT molecular complexity index is 877. The monoisotopic (exact) mass is 367 g/mol. The van der Waals surface area contributed by atoms with Crippen LogP contribution in [0.5, 0.6) is 5.75 Å². The highest BCUT2D eigenvalue weighted by atomic mass is 32.2. The first-order valence-electron chi connectivity index (χ1n) is 7.62. The van der Waals surface area contributed by atoms with Crippen LogP contribution in [-0.2, 0) is 11.9 Å². The molecule has 8 heteroatoms. The van der Waals surface area contributed by atoms with Gasteiger partial charge in [0, 0.05) is 18.0 Å². The van der Waals surface area contributed by atoms with Gasteiger partial charge in [-0.1, -0.05) is 11.8 Å². The highest BCUT2D eigenvalue weighted by molar-refractivity contribution is 7.98. The predicted octanol–water partition coefficient (Wildman–Crippen LogP) is 5.06. The van der Waals surface area contributed by atoms with Crippen LogP contribution in [0.25, 0.3) is 11.0 Å². The predicted molar refractivity (Wildman–Crippen MR) is 90.7 cm³/mol. The van der Waals surface area contributed by atoms with Gasteiger partial charge in [-0.3, -0.25) is 4.98 Å². The van der Waals surface area contributed by atoms with Crippen molar-refractivity contribution in [3.8, 4) is 5.75 Å². The number of hydrogen-bond acceptors (Lipinski definition) is 4. The maximum absolute atomic E-state index is 12.8. The van der Waals surface area contributed by atoms with E-state index in [1.165, 1.54) is 17.8 Å². The molecule has 1 aromatic carbocycles. The second-order valence-corrected chi connectivity index (χ2v) is 6.67. The van der Waals surface area contributed by atoms with E-state index in [1.807, 2.05) is 19.9 Å². The first-order valence-corrected chi connectivity index (χ1v) is 8.61. The fourth-order valence-corrected chi connectivity index (χ4v) is 3.04. The summed E-state index contributed by atoms with van der Waals surface area (Å²) in [5.41, 5.74) is 0.963. The smallest absolute Gasteiger partial charge is 0.416 e. The van der Waals surface area contributed by atoms with Crippen molar-refractivity contribution >= 4 is 22.8 Å². The molecule has 0 spiro atoms. The highest BCUT2D eigenvalue weighted by Crippen LogP contribution is 2.32. The van der Waals surface area contributed by atoms with E-state index in [-0.39, 0.29) is 6.10 Å². The molecule has 1 N–H and O–H groups in total. The minimum absolute atomic E-state index is 0.0705. The van der Waals surface area contributed by atoms with Crippen molar-refractivity contribution in [1.29, 1.82) is 0 Å². The van der Waals surface area contributed by atoms with Gasteiger partial charge in [0.1, 0.15) is 5.75 Å². The lowest BCUT2D eigenvalue weighted by molar-refractivity contribution is -0.137. The lowest BCUT2D eigenvalue weighted by atomic mass is 10.2. The lowest BCUT2D eigenvalue weighted by Gasteiger charge is -2.10. The Morgan fingerprint density at radius 2 is 2.00 bits per heavy atom. The summed E-state index contributed by atoms with van der Waals surface area (Å²) in [6, 6.07) is 7.12. The first kappa shape index (κ1) is 17.6. The number of halogens is 3. The number of nitrogens with one attached hydrogen (secondary N) is 1. The Morgan fingerprint density at radius 3 is 2.72 bits per heavy atom. The number of aromatic amines is 1. The van der Waals surface area contributed by atoms with Gasteiger partial charge in [0.15, 0.2) is 5.16 Å². The van der Waals surface area contributed by atoms with Gasteiger partial charge in [0.05, 0.1) is 28.4 Å². The van der Waals surface area contributed by atoms with Crippen LogP contribution in [0.4, 0.5) is 13.2 Å². The molecule has 2 heterocycles.